The lowest BCUT2D eigenvalue weighted by Gasteiger charge is -2.16. The summed E-state index contributed by atoms with van der Waals surface area (Å²) in [6.07, 6.45) is 0. The molecule has 0 bridgehead atoms. The van der Waals surface area contributed by atoms with E-state index in [1.165, 1.54) is 32.3 Å². The predicted octanol–water partition coefficient (Wildman–Crippen LogP) is 9.58. The summed E-state index contributed by atoms with van der Waals surface area (Å²) in [4.78, 5) is 13.8. The summed E-state index contributed by atoms with van der Waals surface area (Å²) < 4.78 is 1.87. The summed E-state index contributed by atoms with van der Waals surface area (Å²) in [6, 6.07) is 46.7. The molecule has 0 aliphatic carbocycles. The summed E-state index contributed by atoms with van der Waals surface area (Å²) in [7, 11) is 0. The van der Waals surface area contributed by atoms with Crippen LogP contribution in [0.1, 0.15) is 5.56 Å². The number of nitrogens with zero attached hydrogens (tertiary/aromatic N) is 1. The van der Waals surface area contributed by atoms with Gasteiger partial charge >= 0.3 is 0 Å². The van der Waals surface area contributed by atoms with Gasteiger partial charge in [-0.25, -0.2) is 0 Å². The number of aryl methyl sites for hydroxylation is 1. The van der Waals surface area contributed by atoms with Gasteiger partial charge in [0, 0.05) is 10.8 Å². The Morgan fingerprint density at radius 2 is 0.875 bits per heavy atom. The van der Waals surface area contributed by atoms with E-state index in [1.54, 1.807) is 0 Å². The molecule has 7 aromatic carbocycles. The highest BCUT2D eigenvalue weighted by atomic mass is 16.1. The zero-order valence-electron chi connectivity index (χ0n) is 22.1. The molecule has 2 heteroatoms. The number of aromatic nitrogens is 1. The summed E-state index contributed by atoms with van der Waals surface area (Å²) in [5.41, 5.74) is 5.20. The summed E-state index contributed by atoms with van der Waals surface area (Å²) >= 11 is 0. The van der Waals surface area contributed by atoms with Gasteiger partial charge in [-0.15, -0.1) is 0 Å². The van der Waals surface area contributed by atoms with Crippen molar-refractivity contribution in [3.63, 3.8) is 0 Å². The van der Waals surface area contributed by atoms with E-state index in [1.807, 2.05) is 41.0 Å². The molecule has 2 nitrogen and oxygen atoms in total. The van der Waals surface area contributed by atoms with E-state index in [-0.39, 0.29) is 5.56 Å². The third-order valence-corrected chi connectivity index (χ3v) is 8.32. The second-order valence-electron chi connectivity index (χ2n) is 10.6. The molecular weight excluding hydrogens is 486 g/mol. The van der Waals surface area contributed by atoms with Crippen LogP contribution in [0.15, 0.2) is 138 Å². The lowest BCUT2D eigenvalue weighted by atomic mass is 9.91. The van der Waals surface area contributed by atoms with Gasteiger partial charge in [-0.05, 0) is 91.6 Å². The first kappa shape index (κ1) is 22.7. The molecule has 0 fully saturated rings. The monoisotopic (exact) mass is 511 g/mol. The van der Waals surface area contributed by atoms with Crippen LogP contribution in [0.5, 0.6) is 0 Å². The Morgan fingerprint density at radius 3 is 1.50 bits per heavy atom. The van der Waals surface area contributed by atoms with Crippen LogP contribution in [0.3, 0.4) is 0 Å². The number of fused-ring (bicyclic) bond motifs is 9. The summed E-state index contributed by atoms with van der Waals surface area (Å²) in [5, 5.41) is 10.4. The minimum absolute atomic E-state index is 0.00852. The molecule has 0 aliphatic rings. The smallest absolute Gasteiger partial charge is 0.263 e. The molecule has 1 heterocycles. The minimum atomic E-state index is 0.00852. The van der Waals surface area contributed by atoms with Gasteiger partial charge in [-0.2, -0.15) is 0 Å². The van der Waals surface area contributed by atoms with E-state index >= 15 is 0 Å². The Labute approximate surface area is 231 Å². The second kappa shape index (κ2) is 8.65. The number of para-hydroxylation sites is 1. The Bertz CT molecular complexity index is 2320. The highest BCUT2D eigenvalue weighted by Gasteiger charge is 2.15. The van der Waals surface area contributed by atoms with E-state index in [0.717, 1.165) is 44.1 Å². The number of hydrogen-bond donors (Lipinski definition) is 0. The average Bonchev–Trinajstić information content (AvgIpc) is 3.02. The molecule has 0 atom stereocenters. The summed E-state index contributed by atoms with van der Waals surface area (Å²) in [5.74, 6) is 0. The van der Waals surface area contributed by atoms with Crippen LogP contribution in [-0.4, -0.2) is 4.57 Å². The first-order valence-corrected chi connectivity index (χ1v) is 13.7. The molecule has 188 valence electrons. The first-order chi connectivity index (χ1) is 19.7. The van der Waals surface area contributed by atoms with Crippen molar-refractivity contribution in [2.75, 3.05) is 0 Å². The lowest BCUT2D eigenvalue weighted by Crippen LogP contribution is -2.20. The van der Waals surface area contributed by atoms with Crippen molar-refractivity contribution in [3.8, 4) is 16.8 Å². The van der Waals surface area contributed by atoms with Gasteiger partial charge in [0.25, 0.3) is 5.56 Å². The fourth-order valence-electron chi connectivity index (χ4n) is 6.40. The molecule has 0 unspecified atom stereocenters. The van der Waals surface area contributed by atoms with Crippen LogP contribution in [0.4, 0.5) is 0 Å². The van der Waals surface area contributed by atoms with E-state index in [9.17, 15) is 4.79 Å². The quantitative estimate of drug-likeness (QED) is 0.212. The molecule has 0 spiro atoms. The maximum absolute atomic E-state index is 13.8. The molecule has 0 N–H and O–H groups in total. The van der Waals surface area contributed by atoms with Crippen LogP contribution < -0.4 is 5.56 Å². The Hall–Kier alpha value is -5.21. The normalized spacial score (nSPS) is 11.7. The van der Waals surface area contributed by atoms with E-state index in [2.05, 4.69) is 104 Å². The van der Waals surface area contributed by atoms with Crippen LogP contribution >= 0.6 is 0 Å². The van der Waals surface area contributed by atoms with Gasteiger partial charge in [0.1, 0.15) is 0 Å². The summed E-state index contributed by atoms with van der Waals surface area (Å²) in [6.45, 7) is 2.06. The van der Waals surface area contributed by atoms with Crippen LogP contribution in [0.2, 0.25) is 0 Å². The minimum Gasteiger partial charge on any atom is -0.276 e. The molecule has 0 aliphatic heterocycles. The predicted molar refractivity (Wildman–Crippen MR) is 170 cm³/mol. The zero-order chi connectivity index (χ0) is 26.8. The topological polar surface area (TPSA) is 22.0 Å². The van der Waals surface area contributed by atoms with E-state index in [4.69, 9.17) is 0 Å². The molecule has 40 heavy (non-hydrogen) atoms. The number of benzene rings is 7. The van der Waals surface area contributed by atoms with Crippen molar-refractivity contribution in [2.45, 2.75) is 6.92 Å². The van der Waals surface area contributed by atoms with E-state index < -0.39 is 0 Å². The van der Waals surface area contributed by atoms with Crippen LogP contribution in [-0.2, 0) is 0 Å². The molecule has 0 saturated carbocycles. The third kappa shape index (κ3) is 3.26. The maximum Gasteiger partial charge on any atom is 0.263 e. The molecule has 0 saturated heterocycles. The molecule has 1 aromatic heterocycles. The second-order valence-corrected chi connectivity index (χ2v) is 10.6. The van der Waals surface area contributed by atoms with Crippen LogP contribution in [0.25, 0.3) is 70.8 Å². The van der Waals surface area contributed by atoms with Gasteiger partial charge < -0.3 is 0 Å². The molecule has 8 aromatic rings. The molecule has 0 radical (unpaired) electrons. The highest BCUT2D eigenvalue weighted by molar-refractivity contribution is 6.25. The molecule has 8 rings (SSSR count). The van der Waals surface area contributed by atoms with E-state index in [0.29, 0.717) is 0 Å². The fraction of sp³-hybridized carbons (Fsp3) is 0.0263. The van der Waals surface area contributed by atoms with Crippen molar-refractivity contribution in [1.29, 1.82) is 0 Å². The van der Waals surface area contributed by atoms with Crippen LogP contribution in [0, 0.1) is 6.92 Å². The largest absolute Gasteiger partial charge is 0.276 e. The zero-order valence-corrected chi connectivity index (χ0v) is 22.1. The van der Waals surface area contributed by atoms with Gasteiger partial charge in [0.2, 0.25) is 0 Å². The number of pyridine rings is 1. The Balaban J connectivity index is 1.44. The number of hydrogen-bond acceptors (Lipinski definition) is 1. The van der Waals surface area contributed by atoms with Gasteiger partial charge in [0.15, 0.2) is 0 Å². The third-order valence-electron chi connectivity index (χ3n) is 8.32. The molecule has 0 amide bonds. The Kier molecular flexibility index (Phi) is 4.92. The maximum atomic E-state index is 13.8. The average molecular weight is 512 g/mol. The van der Waals surface area contributed by atoms with Crippen molar-refractivity contribution >= 4 is 54.0 Å². The number of rotatable bonds is 2. The lowest BCUT2D eigenvalue weighted by molar-refractivity contribution is 1.04. The van der Waals surface area contributed by atoms with Crippen molar-refractivity contribution < 1.29 is 0 Å². The fourth-order valence-corrected chi connectivity index (χ4v) is 6.40. The molecular formula is C38H25NO. The van der Waals surface area contributed by atoms with Crippen molar-refractivity contribution in [1.82, 2.24) is 4.57 Å². The van der Waals surface area contributed by atoms with Gasteiger partial charge in [-0.1, -0.05) is 103 Å². The van der Waals surface area contributed by atoms with Crippen molar-refractivity contribution in [3.05, 3.63) is 149 Å². The van der Waals surface area contributed by atoms with Crippen molar-refractivity contribution in [2.24, 2.45) is 0 Å². The Morgan fingerprint density at radius 1 is 0.425 bits per heavy atom. The SMILES string of the molecule is Cc1ccccc1-n1c(=O)c2ccccc2c2cc(-c3ccc4c5ccccc5c5ccccc5c4c3)ccc21. The first-order valence-electron chi connectivity index (χ1n) is 13.7. The van der Waals surface area contributed by atoms with Gasteiger partial charge in [0.05, 0.1) is 11.2 Å². The standard InChI is InChI=1S/C38H25NO/c1-24-10-2-9-17-36(24)39-37-21-19-26(23-35(37)31-15-7-8-16-33(31)38(39)40)25-18-20-32-29-13-4-3-11-27(29)28-12-5-6-14-30(28)34(32)22-25/h2-23H,1H3. The highest BCUT2D eigenvalue weighted by Crippen LogP contribution is 2.38. The van der Waals surface area contributed by atoms with Gasteiger partial charge in [-0.3, -0.25) is 9.36 Å².